The summed E-state index contributed by atoms with van der Waals surface area (Å²) in [4.78, 5) is 4.79. The van der Waals surface area contributed by atoms with E-state index in [1.165, 1.54) is 0 Å². The molecule has 1 N–H and O–H groups in total. The van der Waals surface area contributed by atoms with Crippen LogP contribution >= 0.6 is 27.3 Å². The molecule has 1 aromatic heterocycles. The van der Waals surface area contributed by atoms with Gasteiger partial charge < -0.3 is 5.32 Å². The van der Waals surface area contributed by atoms with Crippen molar-refractivity contribution in [3.8, 4) is 0 Å². The van der Waals surface area contributed by atoms with E-state index in [4.69, 9.17) is 0 Å². The zero-order chi connectivity index (χ0) is 9.68. The van der Waals surface area contributed by atoms with E-state index in [1.807, 2.05) is 11.6 Å². The van der Waals surface area contributed by atoms with Crippen molar-refractivity contribution in [1.82, 2.24) is 10.3 Å². The van der Waals surface area contributed by atoms with Gasteiger partial charge in [-0.3, -0.25) is 0 Å². The molecule has 0 radical (unpaired) electrons. The van der Waals surface area contributed by atoms with Crippen LogP contribution in [-0.4, -0.2) is 15.9 Å². The summed E-state index contributed by atoms with van der Waals surface area (Å²) in [6.07, 6.45) is 2.99. The van der Waals surface area contributed by atoms with E-state index in [0.29, 0.717) is 10.9 Å². The van der Waals surface area contributed by atoms with Crippen LogP contribution in [0.1, 0.15) is 25.3 Å². The van der Waals surface area contributed by atoms with Crippen LogP contribution in [0.3, 0.4) is 0 Å². The third-order valence-electron chi connectivity index (χ3n) is 1.76. The van der Waals surface area contributed by atoms with Crippen molar-refractivity contribution in [3.05, 3.63) is 16.6 Å². The van der Waals surface area contributed by atoms with Crippen molar-refractivity contribution in [2.24, 2.45) is 0 Å². The second kappa shape index (κ2) is 5.73. The van der Waals surface area contributed by atoms with E-state index in [2.05, 4.69) is 40.1 Å². The van der Waals surface area contributed by atoms with Gasteiger partial charge in [0, 0.05) is 29.0 Å². The Morgan fingerprint density at radius 2 is 2.38 bits per heavy atom. The maximum absolute atomic E-state index is 4.21. The normalized spacial score (nSPS) is 15.6. The first kappa shape index (κ1) is 11.1. The predicted molar refractivity (Wildman–Crippen MR) is 61.4 cm³/mol. The molecule has 0 aromatic carbocycles. The molecule has 0 aliphatic rings. The average Bonchev–Trinajstić information content (AvgIpc) is 2.51. The maximum Gasteiger partial charge on any atom is 0.106 e. The fraction of sp³-hybridized carbons (Fsp3) is 0.667. The first-order valence-electron chi connectivity index (χ1n) is 4.44. The summed E-state index contributed by atoms with van der Waals surface area (Å²) >= 11 is 5.24. The smallest absolute Gasteiger partial charge is 0.106 e. The zero-order valence-corrected chi connectivity index (χ0v) is 10.4. The molecule has 1 heterocycles. The quantitative estimate of drug-likeness (QED) is 0.826. The Labute approximate surface area is 91.9 Å². The van der Waals surface area contributed by atoms with Crippen LogP contribution in [-0.2, 0) is 6.54 Å². The first-order valence-corrected chi connectivity index (χ1v) is 6.24. The van der Waals surface area contributed by atoms with Crippen LogP contribution in [0.25, 0.3) is 0 Å². The van der Waals surface area contributed by atoms with Crippen LogP contribution in [0.2, 0.25) is 0 Å². The van der Waals surface area contributed by atoms with Crippen LogP contribution in [0.15, 0.2) is 11.6 Å². The number of nitrogens with one attached hydrogen (secondary N) is 1. The molecule has 2 atom stereocenters. The highest BCUT2D eigenvalue weighted by Gasteiger charge is 2.05. The second-order valence-corrected chi connectivity index (χ2v) is 5.77. The van der Waals surface area contributed by atoms with Crippen molar-refractivity contribution >= 4 is 27.3 Å². The van der Waals surface area contributed by atoms with Gasteiger partial charge in [0.05, 0.1) is 0 Å². The average molecular weight is 263 g/mol. The van der Waals surface area contributed by atoms with Crippen LogP contribution in [0.4, 0.5) is 0 Å². The van der Waals surface area contributed by atoms with Crippen molar-refractivity contribution in [2.75, 3.05) is 0 Å². The lowest BCUT2D eigenvalue weighted by atomic mass is 10.2. The molecule has 0 saturated carbocycles. The molecule has 13 heavy (non-hydrogen) atoms. The molecule has 4 heteroatoms. The molecule has 0 spiro atoms. The summed E-state index contributed by atoms with van der Waals surface area (Å²) in [6, 6.07) is 0.540. The van der Waals surface area contributed by atoms with Crippen molar-refractivity contribution < 1.29 is 0 Å². The Balaban J connectivity index is 2.19. The number of thiazole rings is 1. The highest BCUT2D eigenvalue weighted by molar-refractivity contribution is 9.09. The van der Waals surface area contributed by atoms with Gasteiger partial charge in [-0.2, -0.15) is 0 Å². The Morgan fingerprint density at radius 1 is 1.62 bits per heavy atom. The topological polar surface area (TPSA) is 24.9 Å². The highest BCUT2D eigenvalue weighted by atomic mass is 79.9. The number of halogens is 1. The SMILES string of the molecule is CC(Br)CC(C)NCc1nccs1. The minimum absolute atomic E-state index is 0.540. The van der Waals surface area contributed by atoms with Gasteiger partial charge in [-0.25, -0.2) is 4.98 Å². The number of hydrogen-bond donors (Lipinski definition) is 1. The lowest BCUT2D eigenvalue weighted by molar-refractivity contribution is 0.515. The number of hydrogen-bond acceptors (Lipinski definition) is 3. The van der Waals surface area contributed by atoms with Crippen molar-refractivity contribution in [1.29, 1.82) is 0 Å². The minimum atomic E-state index is 0.540. The molecule has 0 amide bonds. The van der Waals surface area contributed by atoms with Gasteiger partial charge in [-0.15, -0.1) is 11.3 Å². The third kappa shape index (κ3) is 4.74. The van der Waals surface area contributed by atoms with Gasteiger partial charge in [0.25, 0.3) is 0 Å². The molecule has 1 aromatic rings. The van der Waals surface area contributed by atoms with E-state index < -0.39 is 0 Å². The van der Waals surface area contributed by atoms with Crippen LogP contribution < -0.4 is 5.32 Å². The van der Waals surface area contributed by atoms with Crippen molar-refractivity contribution in [2.45, 2.75) is 37.7 Å². The molecule has 74 valence electrons. The minimum Gasteiger partial charge on any atom is -0.308 e. The Bertz CT molecular complexity index is 224. The molecule has 2 nitrogen and oxygen atoms in total. The van der Waals surface area contributed by atoms with Crippen LogP contribution in [0.5, 0.6) is 0 Å². The van der Waals surface area contributed by atoms with E-state index >= 15 is 0 Å². The van der Waals surface area contributed by atoms with Gasteiger partial charge >= 0.3 is 0 Å². The van der Waals surface area contributed by atoms with Gasteiger partial charge in [-0.1, -0.05) is 22.9 Å². The molecule has 0 bridgehead atoms. The summed E-state index contributed by atoms with van der Waals surface area (Å²) in [5.74, 6) is 0. The van der Waals surface area contributed by atoms with E-state index in [0.717, 1.165) is 18.0 Å². The van der Waals surface area contributed by atoms with E-state index in [-0.39, 0.29) is 0 Å². The molecule has 0 fully saturated rings. The monoisotopic (exact) mass is 262 g/mol. The molecule has 0 aliphatic heterocycles. The van der Waals surface area contributed by atoms with Gasteiger partial charge in [0.15, 0.2) is 0 Å². The van der Waals surface area contributed by atoms with E-state index in [1.54, 1.807) is 11.3 Å². The lowest BCUT2D eigenvalue weighted by Gasteiger charge is -2.13. The van der Waals surface area contributed by atoms with Crippen molar-refractivity contribution in [3.63, 3.8) is 0 Å². The molecule has 0 aliphatic carbocycles. The summed E-state index contributed by atoms with van der Waals surface area (Å²) in [6.45, 7) is 5.26. The largest absolute Gasteiger partial charge is 0.308 e. The number of alkyl halides is 1. The molecule has 1 rings (SSSR count). The van der Waals surface area contributed by atoms with Gasteiger partial charge in [0.1, 0.15) is 5.01 Å². The van der Waals surface area contributed by atoms with E-state index in [9.17, 15) is 0 Å². The zero-order valence-electron chi connectivity index (χ0n) is 7.96. The molecular formula is C9H15BrN2S. The fourth-order valence-electron chi connectivity index (χ4n) is 1.17. The lowest BCUT2D eigenvalue weighted by Crippen LogP contribution is -2.27. The Morgan fingerprint density at radius 3 is 2.92 bits per heavy atom. The third-order valence-corrected chi connectivity index (χ3v) is 2.92. The van der Waals surface area contributed by atoms with Gasteiger partial charge in [0.2, 0.25) is 0 Å². The number of rotatable bonds is 5. The second-order valence-electron chi connectivity index (χ2n) is 3.22. The van der Waals surface area contributed by atoms with Crippen LogP contribution in [0, 0.1) is 0 Å². The molecule has 2 unspecified atom stereocenters. The fourth-order valence-corrected chi connectivity index (χ4v) is 2.30. The standard InChI is InChI=1S/C9H15BrN2S/c1-7(10)5-8(2)12-6-9-11-3-4-13-9/h3-4,7-8,12H,5-6H2,1-2H3. The molecular weight excluding hydrogens is 248 g/mol. The first-order chi connectivity index (χ1) is 6.18. The summed E-state index contributed by atoms with van der Waals surface area (Å²) in [7, 11) is 0. The summed E-state index contributed by atoms with van der Waals surface area (Å²) in [5, 5.41) is 6.60. The summed E-state index contributed by atoms with van der Waals surface area (Å²) in [5.41, 5.74) is 0. The predicted octanol–water partition coefficient (Wildman–Crippen LogP) is 2.79. The summed E-state index contributed by atoms with van der Waals surface area (Å²) < 4.78 is 0. The highest BCUT2D eigenvalue weighted by Crippen LogP contribution is 2.08. The number of nitrogens with zero attached hydrogens (tertiary/aromatic N) is 1. The maximum atomic E-state index is 4.21. The Hall–Kier alpha value is 0.0700. The Kier molecular flexibility index (Phi) is 4.91. The molecule has 0 saturated heterocycles. The van der Waals surface area contributed by atoms with Gasteiger partial charge in [-0.05, 0) is 13.3 Å². The number of aromatic nitrogens is 1.